The van der Waals surface area contributed by atoms with Gasteiger partial charge in [0.25, 0.3) is 0 Å². The summed E-state index contributed by atoms with van der Waals surface area (Å²) in [7, 11) is 1.74. The average molecular weight is 287 g/mol. The standard InChI is InChI=1S/C17H21NO3/c1-20-11-13-5-4-8-18(9-13)10-16(19)15-12-21-17-7-3-2-6-14(15)17/h2-3,6-7,12-13H,4-5,8-11H2,1H3. The van der Waals surface area contributed by atoms with Gasteiger partial charge in [0.1, 0.15) is 11.8 Å². The Kier molecular flexibility index (Phi) is 4.36. The van der Waals surface area contributed by atoms with E-state index in [1.54, 1.807) is 13.4 Å². The second-order valence-corrected chi connectivity index (χ2v) is 5.77. The zero-order valence-corrected chi connectivity index (χ0v) is 12.4. The van der Waals surface area contributed by atoms with Crippen LogP contribution in [0, 0.1) is 5.92 Å². The van der Waals surface area contributed by atoms with Crippen molar-refractivity contribution in [2.45, 2.75) is 12.8 Å². The minimum Gasteiger partial charge on any atom is -0.464 e. The van der Waals surface area contributed by atoms with E-state index in [9.17, 15) is 4.79 Å². The van der Waals surface area contributed by atoms with E-state index in [0.717, 1.165) is 37.1 Å². The molecule has 0 aliphatic carbocycles. The minimum absolute atomic E-state index is 0.137. The molecule has 112 valence electrons. The lowest BCUT2D eigenvalue weighted by atomic mass is 9.98. The van der Waals surface area contributed by atoms with Gasteiger partial charge in [-0.15, -0.1) is 0 Å². The number of hydrogen-bond acceptors (Lipinski definition) is 4. The van der Waals surface area contributed by atoms with Crippen LogP contribution in [0.4, 0.5) is 0 Å². The third-order valence-electron chi connectivity index (χ3n) is 4.15. The molecular weight excluding hydrogens is 266 g/mol. The van der Waals surface area contributed by atoms with Crippen molar-refractivity contribution in [2.24, 2.45) is 5.92 Å². The topological polar surface area (TPSA) is 42.7 Å². The zero-order valence-electron chi connectivity index (χ0n) is 12.4. The van der Waals surface area contributed by atoms with Gasteiger partial charge >= 0.3 is 0 Å². The highest BCUT2D eigenvalue weighted by molar-refractivity contribution is 6.08. The first kappa shape index (κ1) is 14.3. The molecule has 4 nitrogen and oxygen atoms in total. The second-order valence-electron chi connectivity index (χ2n) is 5.77. The molecule has 1 atom stereocenters. The van der Waals surface area contributed by atoms with Crippen molar-refractivity contribution in [3.05, 3.63) is 36.1 Å². The Morgan fingerprint density at radius 2 is 2.29 bits per heavy atom. The van der Waals surface area contributed by atoms with E-state index in [2.05, 4.69) is 4.90 Å². The van der Waals surface area contributed by atoms with Gasteiger partial charge in [0.05, 0.1) is 18.7 Å². The van der Waals surface area contributed by atoms with Crippen molar-refractivity contribution in [3.8, 4) is 0 Å². The van der Waals surface area contributed by atoms with E-state index < -0.39 is 0 Å². The number of fused-ring (bicyclic) bond motifs is 1. The summed E-state index contributed by atoms with van der Waals surface area (Å²) in [5.41, 5.74) is 1.47. The normalized spacial score (nSPS) is 20.0. The zero-order chi connectivity index (χ0) is 14.7. The molecular formula is C17H21NO3. The highest BCUT2D eigenvalue weighted by Gasteiger charge is 2.23. The fraction of sp³-hybridized carbons (Fsp3) is 0.471. The number of methoxy groups -OCH3 is 1. The summed E-state index contributed by atoms with van der Waals surface area (Å²) in [6.07, 6.45) is 3.91. The molecule has 1 aliphatic heterocycles. The summed E-state index contributed by atoms with van der Waals surface area (Å²) >= 11 is 0. The fourth-order valence-corrected chi connectivity index (χ4v) is 3.15. The molecule has 1 aromatic heterocycles. The van der Waals surface area contributed by atoms with Crippen molar-refractivity contribution < 1.29 is 13.9 Å². The molecule has 0 saturated carbocycles. The van der Waals surface area contributed by atoms with Crippen LogP contribution in [-0.2, 0) is 4.74 Å². The summed E-state index contributed by atoms with van der Waals surface area (Å²) in [4.78, 5) is 14.8. The Morgan fingerprint density at radius 1 is 1.43 bits per heavy atom. The number of benzene rings is 1. The number of likely N-dealkylation sites (tertiary alicyclic amines) is 1. The van der Waals surface area contributed by atoms with Gasteiger partial charge in [0.2, 0.25) is 0 Å². The number of furan rings is 1. The van der Waals surface area contributed by atoms with Gasteiger partial charge in [-0.1, -0.05) is 18.2 Å². The van der Waals surface area contributed by atoms with Crippen LogP contribution in [0.2, 0.25) is 0 Å². The monoisotopic (exact) mass is 287 g/mol. The fourth-order valence-electron chi connectivity index (χ4n) is 3.15. The molecule has 1 saturated heterocycles. The molecule has 2 aromatic rings. The number of piperidine rings is 1. The van der Waals surface area contributed by atoms with E-state index in [0.29, 0.717) is 18.0 Å². The summed E-state index contributed by atoms with van der Waals surface area (Å²) in [5, 5.41) is 0.910. The van der Waals surface area contributed by atoms with Crippen molar-refractivity contribution in [3.63, 3.8) is 0 Å². The number of carbonyl (C=O) groups excluding carboxylic acids is 1. The van der Waals surface area contributed by atoms with Crippen molar-refractivity contribution in [1.29, 1.82) is 0 Å². The van der Waals surface area contributed by atoms with Gasteiger partial charge < -0.3 is 9.15 Å². The second kappa shape index (κ2) is 6.41. The number of rotatable bonds is 5. The quantitative estimate of drug-likeness (QED) is 0.793. The molecule has 2 heterocycles. The number of ether oxygens (including phenoxy) is 1. The van der Waals surface area contributed by atoms with Crippen LogP contribution in [0.3, 0.4) is 0 Å². The number of para-hydroxylation sites is 1. The summed E-state index contributed by atoms with van der Waals surface area (Å²) in [6, 6.07) is 7.68. The van der Waals surface area contributed by atoms with Crippen LogP contribution < -0.4 is 0 Å². The van der Waals surface area contributed by atoms with Gasteiger partial charge in [0, 0.05) is 19.0 Å². The van der Waals surface area contributed by atoms with Crippen LogP contribution in [-0.4, -0.2) is 44.0 Å². The third-order valence-corrected chi connectivity index (χ3v) is 4.15. The summed E-state index contributed by atoms with van der Waals surface area (Å²) < 4.78 is 10.7. The van der Waals surface area contributed by atoms with E-state index in [4.69, 9.17) is 9.15 Å². The Balaban J connectivity index is 1.68. The molecule has 1 aliphatic rings. The van der Waals surface area contributed by atoms with Crippen molar-refractivity contribution in [1.82, 2.24) is 4.90 Å². The van der Waals surface area contributed by atoms with Crippen LogP contribution in [0.15, 0.2) is 34.9 Å². The van der Waals surface area contributed by atoms with Gasteiger partial charge in [0.15, 0.2) is 5.78 Å². The van der Waals surface area contributed by atoms with Crippen LogP contribution in [0.1, 0.15) is 23.2 Å². The lowest BCUT2D eigenvalue weighted by Crippen LogP contribution is -2.40. The maximum Gasteiger partial charge on any atom is 0.180 e. The molecule has 1 aromatic carbocycles. The van der Waals surface area contributed by atoms with Gasteiger partial charge in [-0.3, -0.25) is 9.69 Å². The summed E-state index contributed by atoms with van der Waals surface area (Å²) in [6.45, 7) is 3.17. The van der Waals surface area contributed by atoms with Gasteiger partial charge in [-0.05, 0) is 31.4 Å². The number of Topliss-reactive ketones (excluding diaryl/α,β-unsaturated/α-hetero) is 1. The van der Waals surface area contributed by atoms with Crippen LogP contribution in [0.5, 0.6) is 0 Å². The first-order chi connectivity index (χ1) is 10.3. The molecule has 0 amide bonds. The average Bonchev–Trinajstić information content (AvgIpc) is 2.92. The van der Waals surface area contributed by atoms with Crippen LogP contribution in [0.25, 0.3) is 11.0 Å². The Hall–Kier alpha value is -1.65. The lowest BCUT2D eigenvalue weighted by Gasteiger charge is -2.31. The molecule has 0 spiro atoms. The molecule has 0 radical (unpaired) electrons. The maximum atomic E-state index is 12.5. The van der Waals surface area contributed by atoms with E-state index in [1.807, 2.05) is 24.3 Å². The largest absolute Gasteiger partial charge is 0.464 e. The van der Waals surface area contributed by atoms with E-state index in [1.165, 1.54) is 6.42 Å². The van der Waals surface area contributed by atoms with Crippen molar-refractivity contribution >= 4 is 16.8 Å². The highest BCUT2D eigenvalue weighted by atomic mass is 16.5. The van der Waals surface area contributed by atoms with E-state index >= 15 is 0 Å². The Bertz CT molecular complexity index is 617. The number of nitrogens with zero attached hydrogens (tertiary/aromatic N) is 1. The minimum atomic E-state index is 0.137. The SMILES string of the molecule is COCC1CCCN(CC(=O)c2coc3ccccc23)C1. The van der Waals surface area contributed by atoms with Crippen molar-refractivity contribution in [2.75, 3.05) is 33.4 Å². The molecule has 1 unspecified atom stereocenters. The number of hydrogen-bond donors (Lipinski definition) is 0. The number of ketones is 1. The van der Waals surface area contributed by atoms with Gasteiger partial charge in [-0.25, -0.2) is 0 Å². The highest BCUT2D eigenvalue weighted by Crippen LogP contribution is 2.22. The predicted octanol–water partition coefficient (Wildman–Crippen LogP) is 2.97. The molecule has 0 bridgehead atoms. The number of carbonyl (C=O) groups is 1. The predicted molar refractivity (Wildman–Crippen MR) is 81.6 cm³/mol. The third kappa shape index (κ3) is 3.17. The first-order valence-corrected chi connectivity index (χ1v) is 7.48. The Morgan fingerprint density at radius 3 is 3.14 bits per heavy atom. The molecule has 4 heteroatoms. The maximum absolute atomic E-state index is 12.5. The lowest BCUT2D eigenvalue weighted by molar-refractivity contribution is 0.0758. The smallest absolute Gasteiger partial charge is 0.180 e. The summed E-state index contributed by atoms with van der Waals surface area (Å²) in [5.74, 6) is 0.677. The molecule has 1 fully saturated rings. The van der Waals surface area contributed by atoms with Crippen LogP contribution >= 0.6 is 0 Å². The van der Waals surface area contributed by atoms with E-state index in [-0.39, 0.29) is 5.78 Å². The Labute approximate surface area is 124 Å². The molecule has 21 heavy (non-hydrogen) atoms. The first-order valence-electron chi connectivity index (χ1n) is 7.48. The molecule has 0 N–H and O–H groups in total. The molecule has 3 rings (SSSR count). The van der Waals surface area contributed by atoms with Gasteiger partial charge in [-0.2, -0.15) is 0 Å².